The van der Waals surface area contributed by atoms with E-state index in [0.29, 0.717) is 49.0 Å². The highest BCUT2D eigenvalue weighted by atomic mass is 16.7. The van der Waals surface area contributed by atoms with Gasteiger partial charge in [0.2, 0.25) is 0 Å². The van der Waals surface area contributed by atoms with Crippen molar-refractivity contribution in [2.24, 2.45) is 63.8 Å². The van der Waals surface area contributed by atoms with Crippen LogP contribution >= 0.6 is 0 Å². The van der Waals surface area contributed by atoms with Crippen LogP contribution in [0.5, 0.6) is 0 Å². The molecule has 6 saturated heterocycles. The Labute approximate surface area is 355 Å². The van der Waals surface area contributed by atoms with Crippen molar-refractivity contribution < 1.29 is 33.6 Å². The summed E-state index contributed by atoms with van der Waals surface area (Å²) in [6.45, 7) is 8.49. The largest absolute Gasteiger partial charge is 0.457 e. The number of carbonyl (C=O) groups excluding carboxylic acids is 2. The number of allylic oxidation sites excluding steroid dienone is 1. The van der Waals surface area contributed by atoms with Crippen molar-refractivity contribution >= 4 is 17.5 Å². The van der Waals surface area contributed by atoms with E-state index in [1.807, 2.05) is 34.0 Å². The number of hydrogen-bond acceptors (Lipinski definition) is 14. The van der Waals surface area contributed by atoms with Crippen LogP contribution in [0.2, 0.25) is 0 Å². The molecule has 0 aromatic rings. The zero-order chi connectivity index (χ0) is 41.7. The Balaban J connectivity index is 0.835. The number of carbonyl (C=O) groups is 2. The van der Waals surface area contributed by atoms with Crippen molar-refractivity contribution in [3.05, 3.63) is 24.0 Å². The van der Waals surface area contributed by atoms with Gasteiger partial charge in [0, 0.05) is 61.3 Å². The third-order valence-corrected chi connectivity index (χ3v) is 17.1. The zero-order valence-corrected chi connectivity index (χ0v) is 36.2. The van der Waals surface area contributed by atoms with Gasteiger partial charge in [-0.2, -0.15) is 0 Å². The summed E-state index contributed by atoms with van der Waals surface area (Å²) < 4.78 is 26.3. The molecule has 60 heavy (non-hydrogen) atoms. The standard InChI is InChI=1S/C46H71N7O7/c1-23-14-33(54)39-34(57-23)18-35-38(41(39)55)31-15-24(19-49-4)10-12-46(44(56)58-42(31)45(2,3)59-35)36(60-46)9-8-25-16-37(47)52-40-28(25)6-5-7-29-30(40)17-27(51-43(29)48)21-53-20-26-11-13-50-32(26)22-53/h11,13,20,23-25,27-31,34-43,49,51-52,55H,5-10,12,14-19,21-22,47-48H2,1-4H3/t23?,24-,25?,27?,28?,29?,30?,31+,34?,35?,36-,37?,38?,39?,40?,41?,42-,43?,46+/m1/s1. The van der Waals surface area contributed by atoms with E-state index in [9.17, 15) is 14.7 Å². The summed E-state index contributed by atoms with van der Waals surface area (Å²) >= 11 is 0. The van der Waals surface area contributed by atoms with Gasteiger partial charge in [-0.3, -0.25) is 20.4 Å². The van der Waals surface area contributed by atoms with Crippen molar-refractivity contribution in [3.8, 4) is 0 Å². The number of epoxide rings is 1. The second-order valence-corrected chi connectivity index (χ2v) is 21.3. The number of aliphatic hydroxyl groups is 1. The van der Waals surface area contributed by atoms with Crippen molar-refractivity contribution in [2.45, 2.75) is 170 Å². The predicted molar refractivity (Wildman–Crippen MR) is 225 cm³/mol. The number of nitrogens with one attached hydrogen (secondary N) is 3. The van der Waals surface area contributed by atoms with E-state index < -0.39 is 29.3 Å². The first-order chi connectivity index (χ1) is 28.8. The normalized spacial score (nSPS) is 49.4. The van der Waals surface area contributed by atoms with Gasteiger partial charge in [-0.05, 0) is 128 Å². The fraction of sp³-hybridized carbons (Fsp3) is 0.848. The predicted octanol–water partition coefficient (Wildman–Crippen LogP) is 2.48. The number of nitrogens with two attached hydrogens (primary N) is 2. The average Bonchev–Trinajstić information content (AvgIpc) is 3.58. The second-order valence-electron chi connectivity index (χ2n) is 21.3. The number of piperidine rings is 2. The molecule has 0 aromatic carbocycles. The van der Waals surface area contributed by atoms with E-state index in [2.05, 4.69) is 38.1 Å². The van der Waals surface area contributed by atoms with E-state index in [1.165, 1.54) is 5.57 Å². The quantitative estimate of drug-likeness (QED) is 0.162. The van der Waals surface area contributed by atoms with Gasteiger partial charge in [-0.1, -0.05) is 6.42 Å². The highest BCUT2D eigenvalue weighted by molar-refractivity contribution is 6.07. The minimum atomic E-state index is -0.990. The fourth-order valence-corrected chi connectivity index (χ4v) is 14.5. The molecule has 0 radical (unpaired) electrons. The lowest BCUT2D eigenvalue weighted by Gasteiger charge is -2.57. The number of Topliss-reactive ketones (excluding diaryl/α,β-unsaturated/α-hetero) is 1. The van der Waals surface area contributed by atoms with Gasteiger partial charge in [0.25, 0.3) is 0 Å². The monoisotopic (exact) mass is 834 g/mol. The van der Waals surface area contributed by atoms with Gasteiger partial charge < -0.3 is 45.7 Å². The number of aliphatic imine (C=N–C) groups is 1. The van der Waals surface area contributed by atoms with Crippen LogP contribution in [0, 0.1) is 47.3 Å². The van der Waals surface area contributed by atoms with E-state index in [1.54, 1.807) is 0 Å². The molecule has 0 amide bonds. The molecule has 1 spiro atoms. The zero-order valence-electron chi connectivity index (χ0n) is 36.2. The molecule has 332 valence electrons. The van der Waals surface area contributed by atoms with Crippen LogP contribution in [-0.4, -0.2) is 126 Å². The lowest BCUT2D eigenvalue weighted by Crippen LogP contribution is -2.67. The molecule has 10 rings (SSSR count). The Morgan fingerprint density at radius 2 is 1.83 bits per heavy atom. The van der Waals surface area contributed by atoms with Crippen LogP contribution < -0.4 is 27.4 Å². The highest BCUT2D eigenvalue weighted by Gasteiger charge is 2.67. The topological polar surface area (TPSA) is 198 Å². The number of nitrogens with zero attached hydrogens (tertiary/aromatic N) is 2. The van der Waals surface area contributed by atoms with Crippen molar-refractivity contribution in [3.63, 3.8) is 0 Å². The first kappa shape index (κ1) is 41.7. The van der Waals surface area contributed by atoms with Crippen molar-refractivity contribution in [1.29, 1.82) is 0 Å². The molecule has 14 heteroatoms. The van der Waals surface area contributed by atoms with Gasteiger partial charge >= 0.3 is 5.97 Å². The third-order valence-electron chi connectivity index (χ3n) is 17.1. The molecule has 0 aromatic heterocycles. The van der Waals surface area contributed by atoms with Crippen LogP contribution in [0.3, 0.4) is 0 Å². The SMILES string of the molecule is CNC[C@@H]1CC[C@@]2(O[C@@H]2CCC2CC(N)NC3C2CCCC2C(N)NC(CN4C=C5C=CN=C5C4)CC23)C(=O)O[C@@H]2[C@@H](C1)C1C(CC3OC(C)CC(=O)C3C1O)OC2(C)C. The molecule has 19 atom stereocenters. The van der Waals surface area contributed by atoms with Crippen molar-refractivity contribution in [2.75, 3.05) is 26.7 Å². The van der Waals surface area contributed by atoms with Crippen LogP contribution in [0.25, 0.3) is 0 Å². The van der Waals surface area contributed by atoms with E-state index in [4.69, 9.17) is 30.4 Å². The Morgan fingerprint density at radius 1 is 1.00 bits per heavy atom. The number of ketones is 1. The fourth-order valence-electron chi connectivity index (χ4n) is 14.5. The summed E-state index contributed by atoms with van der Waals surface area (Å²) in [6, 6.07) is 0.589. The van der Waals surface area contributed by atoms with E-state index >= 15 is 0 Å². The van der Waals surface area contributed by atoms with E-state index in [0.717, 1.165) is 83.1 Å². The molecule has 0 bridgehead atoms. The van der Waals surface area contributed by atoms with Crippen LogP contribution in [0.1, 0.15) is 97.8 Å². The number of esters is 1. The maximum absolute atomic E-state index is 14.6. The van der Waals surface area contributed by atoms with Crippen molar-refractivity contribution in [1.82, 2.24) is 20.9 Å². The molecule has 8 N–H and O–H groups in total. The molecule has 8 fully saturated rings. The highest BCUT2D eigenvalue weighted by Crippen LogP contribution is 2.55. The average molecular weight is 834 g/mol. The first-order valence-corrected chi connectivity index (χ1v) is 23.6. The lowest BCUT2D eigenvalue weighted by molar-refractivity contribution is -0.279. The smallest absolute Gasteiger partial charge is 0.341 e. The van der Waals surface area contributed by atoms with Gasteiger partial charge in [0.1, 0.15) is 17.5 Å². The van der Waals surface area contributed by atoms with Gasteiger partial charge in [-0.25, -0.2) is 4.79 Å². The minimum absolute atomic E-state index is 0.0466. The van der Waals surface area contributed by atoms with Crippen LogP contribution in [0.15, 0.2) is 29.0 Å². The van der Waals surface area contributed by atoms with Gasteiger partial charge in [-0.15, -0.1) is 0 Å². The van der Waals surface area contributed by atoms with Crippen LogP contribution in [-0.2, 0) is 28.5 Å². The molecule has 14 nitrogen and oxygen atoms in total. The minimum Gasteiger partial charge on any atom is -0.457 e. The number of hydrogen-bond donors (Lipinski definition) is 6. The molecule has 8 aliphatic heterocycles. The number of aliphatic hydroxyl groups excluding tert-OH is 1. The van der Waals surface area contributed by atoms with Crippen LogP contribution in [0.4, 0.5) is 0 Å². The molecular formula is C46H71N7O7. The Morgan fingerprint density at radius 3 is 2.65 bits per heavy atom. The maximum atomic E-state index is 14.6. The lowest BCUT2D eigenvalue weighted by atomic mass is 9.61. The molecule has 2 aliphatic carbocycles. The summed E-state index contributed by atoms with van der Waals surface area (Å²) in [5.74, 6) is 0.630. The third kappa shape index (κ3) is 7.45. The molecule has 8 heterocycles. The second kappa shape index (κ2) is 16.1. The summed E-state index contributed by atoms with van der Waals surface area (Å²) in [7, 11) is 1.97. The molecule has 2 saturated carbocycles. The molecule has 10 aliphatic rings. The summed E-state index contributed by atoms with van der Waals surface area (Å²) in [4.78, 5) is 34.9. The Bertz CT molecular complexity index is 1760. The van der Waals surface area contributed by atoms with Gasteiger partial charge in [0.15, 0.2) is 5.60 Å². The number of fused-ring (bicyclic) bond motifs is 8. The maximum Gasteiger partial charge on any atom is 0.341 e. The number of ether oxygens (including phenoxy) is 4. The Hall–Kier alpha value is -2.27. The van der Waals surface area contributed by atoms with E-state index in [-0.39, 0.29) is 72.3 Å². The molecule has 14 unspecified atom stereocenters. The summed E-state index contributed by atoms with van der Waals surface area (Å²) in [6.07, 6.45) is 13.7. The summed E-state index contributed by atoms with van der Waals surface area (Å²) in [5, 5.41) is 23.2. The first-order valence-electron chi connectivity index (χ1n) is 23.6. The summed E-state index contributed by atoms with van der Waals surface area (Å²) in [5.41, 5.74) is 14.4. The molecular weight excluding hydrogens is 763 g/mol. The van der Waals surface area contributed by atoms with Gasteiger partial charge in [0.05, 0.1) is 61.0 Å². The number of rotatable bonds is 7. The Kier molecular flexibility index (Phi) is 11.2.